The molecular weight excluding hydrogens is 259 g/mol. The zero-order valence-electron chi connectivity index (χ0n) is 9.17. The van der Waals surface area contributed by atoms with Crippen LogP contribution in [0, 0.1) is 12.7 Å². The zero-order valence-corrected chi connectivity index (χ0v) is 10.7. The number of rotatable bonds is 3. The molecule has 0 amide bonds. The van der Waals surface area contributed by atoms with E-state index >= 15 is 0 Å². The van der Waals surface area contributed by atoms with Gasteiger partial charge in [0.15, 0.2) is 5.78 Å². The molecule has 0 saturated carbocycles. The molecule has 0 aliphatic rings. The molecule has 4 heteroatoms. The molecule has 0 fully saturated rings. The van der Waals surface area contributed by atoms with Gasteiger partial charge >= 0.3 is 0 Å². The van der Waals surface area contributed by atoms with Gasteiger partial charge in [0.2, 0.25) is 0 Å². The van der Waals surface area contributed by atoms with Gasteiger partial charge in [0.25, 0.3) is 0 Å². The second-order valence-electron chi connectivity index (χ2n) is 3.79. The highest BCUT2D eigenvalue weighted by Gasteiger charge is 2.15. The molecule has 17 heavy (non-hydrogen) atoms. The lowest BCUT2D eigenvalue weighted by Crippen LogP contribution is -2.02. The highest BCUT2D eigenvalue weighted by Crippen LogP contribution is 2.28. The zero-order chi connectivity index (χ0) is 12.4. The fourth-order valence-electron chi connectivity index (χ4n) is 1.53. The van der Waals surface area contributed by atoms with Crippen LogP contribution >= 0.6 is 22.9 Å². The summed E-state index contributed by atoms with van der Waals surface area (Å²) in [6.07, 6.45) is 0.178. The van der Waals surface area contributed by atoms with Crippen LogP contribution in [-0.4, -0.2) is 5.78 Å². The molecule has 0 saturated heterocycles. The van der Waals surface area contributed by atoms with E-state index in [-0.39, 0.29) is 18.0 Å². The first-order chi connectivity index (χ1) is 8.08. The number of halogens is 2. The molecule has 0 spiro atoms. The van der Waals surface area contributed by atoms with Crippen molar-refractivity contribution in [2.45, 2.75) is 13.3 Å². The molecule has 1 aromatic carbocycles. The van der Waals surface area contributed by atoms with Crippen molar-refractivity contribution in [3.8, 4) is 0 Å². The Bertz CT molecular complexity index is 562. The van der Waals surface area contributed by atoms with E-state index in [4.69, 9.17) is 11.6 Å². The van der Waals surface area contributed by atoms with Crippen LogP contribution < -0.4 is 0 Å². The number of hydrogen-bond acceptors (Lipinski definition) is 2. The molecule has 0 aliphatic heterocycles. The molecule has 0 aliphatic carbocycles. The Morgan fingerprint density at radius 2 is 2.24 bits per heavy atom. The molecule has 88 valence electrons. The molecule has 1 aromatic heterocycles. The summed E-state index contributed by atoms with van der Waals surface area (Å²) in [7, 11) is 0. The number of ketones is 1. The Labute approximate surface area is 108 Å². The molecule has 0 atom stereocenters. The first kappa shape index (κ1) is 12.3. The van der Waals surface area contributed by atoms with E-state index in [9.17, 15) is 9.18 Å². The Hall–Kier alpha value is -1.19. The second-order valence-corrected chi connectivity index (χ2v) is 5.05. The third-order valence-electron chi connectivity index (χ3n) is 2.41. The standard InChI is InChI=1S/C13H10ClFOS/c1-8-7-17-13(12(8)14)11(16)6-9-3-2-4-10(15)5-9/h2-5,7H,6H2,1H3. The van der Waals surface area contributed by atoms with E-state index in [1.165, 1.54) is 23.5 Å². The summed E-state index contributed by atoms with van der Waals surface area (Å²) in [6.45, 7) is 1.86. The fourth-order valence-corrected chi connectivity index (χ4v) is 2.77. The summed E-state index contributed by atoms with van der Waals surface area (Å²) in [4.78, 5) is 12.5. The van der Waals surface area contributed by atoms with Gasteiger partial charge in [-0.15, -0.1) is 11.3 Å². The molecule has 0 unspecified atom stereocenters. The summed E-state index contributed by atoms with van der Waals surface area (Å²) >= 11 is 7.35. The van der Waals surface area contributed by atoms with Gasteiger partial charge in [-0.3, -0.25) is 4.79 Å². The number of hydrogen-bond donors (Lipinski definition) is 0. The predicted octanol–water partition coefficient (Wildman–Crippen LogP) is 4.27. The lowest BCUT2D eigenvalue weighted by molar-refractivity contribution is 0.0997. The average molecular weight is 269 g/mol. The number of thiophene rings is 1. The second kappa shape index (κ2) is 4.98. The third-order valence-corrected chi connectivity index (χ3v) is 4.14. The number of aryl methyl sites for hydroxylation is 1. The van der Waals surface area contributed by atoms with Crippen molar-refractivity contribution in [2.75, 3.05) is 0 Å². The molecule has 0 bridgehead atoms. The largest absolute Gasteiger partial charge is 0.293 e. The number of carbonyl (C=O) groups is 1. The van der Waals surface area contributed by atoms with Crippen LogP contribution in [0.5, 0.6) is 0 Å². The fraction of sp³-hybridized carbons (Fsp3) is 0.154. The van der Waals surface area contributed by atoms with Crippen LogP contribution in [0.3, 0.4) is 0 Å². The molecule has 2 rings (SSSR count). The predicted molar refractivity (Wildman–Crippen MR) is 68.5 cm³/mol. The van der Waals surface area contributed by atoms with Gasteiger partial charge in [0.1, 0.15) is 5.82 Å². The lowest BCUT2D eigenvalue weighted by Gasteiger charge is -2.00. The third kappa shape index (κ3) is 2.73. The number of carbonyl (C=O) groups excluding carboxylic acids is 1. The van der Waals surface area contributed by atoms with Crippen molar-refractivity contribution in [1.82, 2.24) is 0 Å². The maximum atomic E-state index is 13.0. The highest BCUT2D eigenvalue weighted by molar-refractivity contribution is 7.13. The first-order valence-corrected chi connectivity index (χ1v) is 6.35. The van der Waals surface area contributed by atoms with Crippen molar-refractivity contribution >= 4 is 28.7 Å². The van der Waals surface area contributed by atoms with Crippen LogP contribution in [0.2, 0.25) is 5.02 Å². The summed E-state index contributed by atoms with van der Waals surface area (Å²) in [5.41, 5.74) is 1.57. The average Bonchev–Trinajstić information content (AvgIpc) is 2.60. The first-order valence-electron chi connectivity index (χ1n) is 5.09. The van der Waals surface area contributed by atoms with Gasteiger partial charge in [-0.25, -0.2) is 4.39 Å². The summed E-state index contributed by atoms with van der Waals surface area (Å²) < 4.78 is 13.0. The van der Waals surface area contributed by atoms with E-state index in [1.54, 1.807) is 12.1 Å². The molecule has 2 aromatic rings. The maximum Gasteiger partial charge on any atom is 0.178 e. The Balaban J connectivity index is 2.20. The van der Waals surface area contributed by atoms with Crippen LogP contribution in [-0.2, 0) is 6.42 Å². The van der Waals surface area contributed by atoms with Gasteiger partial charge in [-0.2, -0.15) is 0 Å². The van der Waals surface area contributed by atoms with Crippen molar-refractivity contribution in [1.29, 1.82) is 0 Å². The molecular formula is C13H10ClFOS. The van der Waals surface area contributed by atoms with Gasteiger partial charge < -0.3 is 0 Å². The lowest BCUT2D eigenvalue weighted by atomic mass is 10.1. The quantitative estimate of drug-likeness (QED) is 0.760. The monoisotopic (exact) mass is 268 g/mol. The summed E-state index contributed by atoms with van der Waals surface area (Å²) in [5.74, 6) is -0.401. The Kier molecular flexibility index (Phi) is 3.60. The van der Waals surface area contributed by atoms with Crippen LogP contribution in [0.15, 0.2) is 29.6 Å². The van der Waals surface area contributed by atoms with Gasteiger partial charge in [0.05, 0.1) is 9.90 Å². The highest BCUT2D eigenvalue weighted by atomic mass is 35.5. The summed E-state index contributed by atoms with van der Waals surface area (Å²) in [6, 6.07) is 6.05. The van der Waals surface area contributed by atoms with E-state index < -0.39 is 0 Å². The van der Waals surface area contributed by atoms with Crippen LogP contribution in [0.1, 0.15) is 20.8 Å². The van der Waals surface area contributed by atoms with Crippen molar-refractivity contribution in [2.24, 2.45) is 0 Å². The van der Waals surface area contributed by atoms with E-state index in [1.807, 2.05) is 12.3 Å². The Morgan fingerprint density at radius 3 is 2.82 bits per heavy atom. The number of benzene rings is 1. The summed E-state index contributed by atoms with van der Waals surface area (Å²) in [5, 5.41) is 2.36. The molecule has 1 heterocycles. The van der Waals surface area contributed by atoms with Crippen molar-refractivity contribution in [3.63, 3.8) is 0 Å². The minimum absolute atomic E-state index is 0.0706. The normalized spacial score (nSPS) is 10.5. The molecule has 1 nitrogen and oxygen atoms in total. The molecule has 0 radical (unpaired) electrons. The smallest absolute Gasteiger partial charge is 0.178 e. The SMILES string of the molecule is Cc1csc(C(=O)Cc2cccc(F)c2)c1Cl. The van der Waals surface area contributed by atoms with Gasteiger partial charge in [-0.1, -0.05) is 23.7 Å². The Morgan fingerprint density at radius 1 is 1.47 bits per heavy atom. The topological polar surface area (TPSA) is 17.1 Å². The van der Waals surface area contributed by atoms with Crippen molar-refractivity contribution in [3.05, 3.63) is 56.5 Å². The van der Waals surface area contributed by atoms with Gasteiger partial charge in [-0.05, 0) is 35.6 Å². The maximum absolute atomic E-state index is 13.0. The minimum Gasteiger partial charge on any atom is -0.293 e. The van der Waals surface area contributed by atoms with Crippen molar-refractivity contribution < 1.29 is 9.18 Å². The minimum atomic E-state index is -0.330. The van der Waals surface area contributed by atoms with E-state index in [2.05, 4.69) is 0 Å². The van der Waals surface area contributed by atoms with E-state index in [0.717, 1.165) is 5.56 Å². The van der Waals surface area contributed by atoms with Gasteiger partial charge in [0, 0.05) is 6.42 Å². The van der Waals surface area contributed by atoms with E-state index in [0.29, 0.717) is 15.5 Å². The molecule has 0 N–H and O–H groups in total. The number of Topliss-reactive ketones (excluding diaryl/α,β-unsaturated/α-hetero) is 1. The van der Waals surface area contributed by atoms with Crippen LogP contribution in [0.4, 0.5) is 4.39 Å². The van der Waals surface area contributed by atoms with Crippen LogP contribution in [0.25, 0.3) is 0 Å².